The average molecular weight is 898 g/mol. The Morgan fingerprint density at radius 1 is 0.290 bits per heavy atom. The summed E-state index contributed by atoms with van der Waals surface area (Å²) in [6.45, 7) is 13.8. The minimum atomic E-state index is 0. The number of nitrogens with zero attached hydrogens (tertiary/aromatic N) is 2. The predicted molar refractivity (Wildman–Crippen MR) is 278 cm³/mol. The Hall–Kier alpha value is -1.73. The molecule has 0 aliphatic rings. The molecule has 0 radical (unpaired) electrons. The van der Waals surface area contributed by atoms with Crippen molar-refractivity contribution in [2.75, 3.05) is 0 Å². The first-order chi connectivity index (χ1) is 30.1. The maximum atomic E-state index is 5.55. The Kier molecular flexibility index (Phi) is 39.4. The number of unbranched alkanes of at least 4 members (excludes halogenated alkanes) is 27. The Morgan fingerprint density at radius 3 is 0.790 bits per heavy atom. The van der Waals surface area contributed by atoms with Crippen LogP contribution in [0.15, 0.2) is 46.4 Å². The molecule has 2 aromatic carbocycles. The first-order valence-corrected chi connectivity index (χ1v) is 27.5. The van der Waals surface area contributed by atoms with Crippen LogP contribution in [0.3, 0.4) is 0 Å². The third kappa shape index (κ3) is 28.9. The average Bonchev–Trinajstić information content (AvgIpc) is 3.26. The molecule has 0 aliphatic carbocycles. The van der Waals surface area contributed by atoms with Crippen LogP contribution in [-0.4, -0.2) is 11.4 Å². The van der Waals surface area contributed by atoms with E-state index in [1.165, 1.54) is 246 Å². The molecule has 0 unspecified atom stereocenters. The minimum Gasteiger partial charge on any atom is -0.252 e. The van der Waals surface area contributed by atoms with Gasteiger partial charge in [0, 0.05) is 16.5 Å². The normalized spacial score (nSPS) is 12.0. The van der Waals surface area contributed by atoms with Crippen LogP contribution in [0.4, 0.5) is 11.4 Å². The summed E-state index contributed by atoms with van der Waals surface area (Å²) in [5.74, 6) is 0. The van der Waals surface area contributed by atoms with Gasteiger partial charge in [0.15, 0.2) is 0 Å². The summed E-state index contributed by atoms with van der Waals surface area (Å²) < 4.78 is 0. The molecule has 0 aliphatic heterocycles. The molecule has 0 bridgehead atoms. The van der Waals surface area contributed by atoms with E-state index in [4.69, 9.17) is 9.98 Å². The van der Waals surface area contributed by atoms with Crippen molar-refractivity contribution >= 4 is 22.8 Å². The summed E-state index contributed by atoms with van der Waals surface area (Å²) >= 11 is 0. The van der Waals surface area contributed by atoms with Crippen LogP contribution in [0.2, 0.25) is 0 Å². The van der Waals surface area contributed by atoms with E-state index in [1.54, 1.807) is 0 Å². The molecule has 62 heavy (non-hydrogen) atoms. The van der Waals surface area contributed by atoms with Gasteiger partial charge in [0.25, 0.3) is 0 Å². The maximum absolute atomic E-state index is 5.55. The molecule has 3 heteroatoms. The van der Waals surface area contributed by atoms with E-state index in [2.05, 4.69) is 77.9 Å². The molecule has 2 nitrogen and oxygen atoms in total. The van der Waals surface area contributed by atoms with E-state index in [9.17, 15) is 0 Å². The Labute approximate surface area is 397 Å². The third-order valence-corrected chi connectivity index (χ3v) is 13.1. The van der Waals surface area contributed by atoms with E-state index in [-0.39, 0.29) is 16.5 Å². The number of aliphatic imine (C=N–C) groups is 2. The zero-order valence-electron chi connectivity index (χ0n) is 42.3. The fourth-order valence-corrected chi connectivity index (χ4v) is 9.39. The molecule has 0 spiro atoms. The SMILES string of the molecule is CCCCCCCCCCCCCCCCCCCCCCCCCC(=N\c1ccc(CCC)c(CCC)c1)/C(CCCCCCCC)=N/c1ccc(CCC)c(CCC)c1.[Ni]. The van der Waals surface area contributed by atoms with E-state index in [0.717, 1.165) is 49.9 Å². The van der Waals surface area contributed by atoms with Crippen molar-refractivity contribution in [1.29, 1.82) is 0 Å². The molecule has 0 aromatic heterocycles. The van der Waals surface area contributed by atoms with Gasteiger partial charge in [0.1, 0.15) is 0 Å². The van der Waals surface area contributed by atoms with Gasteiger partial charge in [0.2, 0.25) is 0 Å². The van der Waals surface area contributed by atoms with E-state index in [1.807, 2.05) is 0 Å². The van der Waals surface area contributed by atoms with Gasteiger partial charge in [0.05, 0.1) is 22.8 Å². The summed E-state index contributed by atoms with van der Waals surface area (Å²) in [6.07, 6.45) is 52.0. The smallest absolute Gasteiger partial charge is 0.0636 e. The molecule has 0 heterocycles. The molecule has 0 saturated heterocycles. The van der Waals surface area contributed by atoms with Crippen LogP contribution >= 0.6 is 0 Å². The van der Waals surface area contributed by atoms with Crippen molar-refractivity contribution in [3.05, 3.63) is 58.7 Å². The van der Waals surface area contributed by atoms with Crippen molar-refractivity contribution in [3.63, 3.8) is 0 Å². The van der Waals surface area contributed by atoms with Crippen molar-refractivity contribution < 1.29 is 16.5 Å². The van der Waals surface area contributed by atoms with Gasteiger partial charge in [-0.25, -0.2) is 0 Å². The summed E-state index contributed by atoms with van der Waals surface area (Å²) in [6, 6.07) is 14.2. The zero-order valence-corrected chi connectivity index (χ0v) is 43.2. The number of benzene rings is 2. The van der Waals surface area contributed by atoms with Crippen molar-refractivity contribution in [2.24, 2.45) is 9.98 Å². The van der Waals surface area contributed by atoms with Gasteiger partial charge in [-0.3, -0.25) is 9.98 Å². The van der Waals surface area contributed by atoms with Crippen LogP contribution in [0.5, 0.6) is 0 Å². The molecule has 2 aromatic rings. The Balaban J connectivity index is 0.0000192. The molecule has 358 valence electrons. The second kappa shape index (κ2) is 41.9. The standard InChI is InChI=1S/C59H102N2.Ni/c1-7-13-15-17-19-20-21-22-23-24-25-26-27-28-29-30-31-32-33-34-35-37-39-45-59(61-57-49-47-53(41-10-4)55(51-57)43-12-6)58(44-38-36-18-16-14-8-2)60-56-48-46-52(40-9-3)54(50-56)42-11-5;/h46-51H,7-45H2,1-6H3;/b60-58+,61-59+;. The second-order valence-corrected chi connectivity index (χ2v) is 19.1. The molecular weight excluding hydrogens is 795 g/mol. The van der Waals surface area contributed by atoms with E-state index >= 15 is 0 Å². The monoisotopic (exact) mass is 897 g/mol. The quantitative estimate of drug-likeness (QED) is 0.0360. The first-order valence-electron chi connectivity index (χ1n) is 27.5. The van der Waals surface area contributed by atoms with Crippen LogP contribution < -0.4 is 0 Å². The second-order valence-electron chi connectivity index (χ2n) is 19.1. The van der Waals surface area contributed by atoms with E-state index < -0.39 is 0 Å². The number of hydrogen-bond donors (Lipinski definition) is 0. The van der Waals surface area contributed by atoms with Gasteiger partial charge in [-0.05, 0) is 97.9 Å². The molecule has 0 amide bonds. The third-order valence-electron chi connectivity index (χ3n) is 13.1. The number of aryl methyl sites for hydroxylation is 4. The minimum absolute atomic E-state index is 0. The van der Waals surface area contributed by atoms with Gasteiger partial charge in [-0.15, -0.1) is 0 Å². The fraction of sp³-hybridized carbons (Fsp3) is 0.763. The Morgan fingerprint density at radius 2 is 0.532 bits per heavy atom. The summed E-state index contributed by atoms with van der Waals surface area (Å²) in [5.41, 5.74) is 10.8. The summed E-state index contributed by atoms with van der Waals surface area (Å²) in [5, 5.41) is 0. The molecule has 0 saturated carbocycles. The van der Waals surface area contributed by atoms with E-state index in [0.29, 0.717) is 0 Å². The van der Waals surface area contributed by atoms with Crippen LogP contribution in [-0.2, 0) is 42.2 Å². The van der Waals surface area contributed by atoms with Gasteiger partial charge in [-0.2, -0.15) is 0 Å². The molecule has 0 atom stereocenters. The first kappa shape index (κ1) is 58.3. The van der Waals surface area contributed by atoms with Crippen molar-refractivity contribution in [2.45, 2.75) is 292 Å². The van der Waals surface area contributed by atoms with Crippen LogP contribution in [0.25, 0.3) is 0 Å². The molecule has 2 rings (SSSR count). The van der Waals surface area contributed by atoms with Crippen LogP contribution in [0, 0.1) is 0 Å². The predicted octanol–water partition coefficient (Wildman–Crippen LogP) is 20.5. The van der Waals surface area contributed by atoms with Crippen molar-refractivity contribution in [3.8, 4) is 0 Å². The molecule has 0 N–H and O–H groups in total. The Bertz CT molecular complexity index is 1370. The molecule has 0 fully saturated rings. The summed E-state index contributed by atoms with van der Waals surface area (Å²) in [7, 11) is 0. The zero-order chi connectivity index (χ0) is 43.9. The summed E-state index contributed by atoms with van der Waals surface area (Å²) in [4.78, 5) is 11.1. The fourth-order valence-electron chi connectivity index (χ4n) is 9.39. The maximum Gasteiger partial charge on any atom is 0.0636 e. The number of rotatable bonds is 42. The van der Waals surface area contributed by atoms with Gasteiger partial charge in [-0.1, -0.05) is 253 Å². The molecular formula is C59H102N2Ni. The van der Waals surface area contributed by atoms with Gasteiger partial charge >= 0.3 is 0 Å². The largest absolute Gasteiger partial charge is 0.252 e. The number of hydrogen-bond acceptors (Lipinski definition) is 2. The van der Waals surface area contributed by atoms with Gasteiger partial charge < -0.3 is 0 Å². The topological polar surface area (TPSA) is 24.7 Å². The van der Waals surface area contributed by atoms with Crippen LogP contribution in [0.1, 0.15) is 289 Å². The van der Waals surface area contributed by atoms with Crippen molar-refractivity contribution in [1.82, 2.24) is 0 Å².